The highest BCUT2D eigenvalue weighted by Gasteiger charge is 2.19. The van der Waals surface area contributed by atoms with Gasteiger partial charge in [0, 0.05) is 19.5 Å². The van der Waals surface area contributed by atoms with Crippen molar-refractivity contribution in [1.82, 2.24) is 4.90 Å². The van der Waals surface area contributed by atoms with Gasteiger partial charge in [-0.15, -0.1) is 17.0 Å². The molecule has 0 unspecified atom stereocenters. The van der Waals surface area contributed by atoms with E-state index in [1.54, 1.807) is 0 Å². The van der Waals surface area contributed by atoms with Gasteiger partial charge in [0.1, 0.15) is 0 Å². The van der Waals surface area contributed by atoms with Crippen LogP contribution in [0.2, 0.25) is 0 Å². The molecule has 98 valence electrons. The van der Waals surface area contributed by atoms with E-state index in [1.165, 1.54) is 25.7 Å². The maximum Gasteiger partial charge on any atom is 0.158 e. The summed E-state index contributed by atoms with van der Waals surface area (Å²) >= 11 is 0. The van der Waals surface area contributed by atoms with Gasteiger partial charge in [0.25, 0.3) is 0 Å². The van der Waals surface area contributed by atoms with Crippen molar-refractivity contribution in [3.63, 3.8) is 0 Å². The highest BCUT2D eigenvalue weighted by atomic mass is 79.9. The Morgan fingerprint density at radius 3 is 2.71 bits per heavy atom. The zero-order valence-corrected chi connectivity index (χ0v) is 12.5. The molecule has 2 rings (SSSR count). The van der Waals surface area contributed by atoms with Crippen molar-refractivity contribution in [2.24, 2.45) is 5.92 Å². The minimum atomic E-state index is 0. The lowest BCUT2D eigenvalue weighted by molar-refractivity contribution is -0.116. The number of hydrogen-bond acceptors (Lipinski definition) is 2. The molecule has 0 bridgehead atoms. The van der Waals surface area contributed by atoms with Gasteiger partial charge < -0.3 is 4.90 Å². The molecule has 1 fully saturated rings. The van der Waals surface area contributed by atoms with E-state index in [0.29, 0.717) is 5.78 Å². The summed E-state index contributed by atoms with van der Waals surface area (Å²) in [7, 11) is 2.11. The molecule has 0 saturated heterocycles. The van der Waals surface area contributed by atoms with E-state index in [-0.39, 0.29) is 17.0 Å². The molecule has 0 aromatic heterocycles. The Kier molecular flexibility index (Phi) is 6.42. The number of halogens is 1. The van der Waals surface area contributed by atoms with Gasteiger partial charge in [0.2, 0.25) is 0 Å². The lowest BCUT2D eigenvalue weighted by Crippen LogP contribution is -2.26. The van der Waals surface area contributed by atoms with Gasteiger partial charge in [-0.3, -0.25) is 4.79 Å². The van der Waals surface area contributed by atoms with Crippen molar-refractivity contribution < 1.29 is 4.79 Å². The quantitative estimate of drug-likeness (QED) is 0.793. The van der Waals surface area contributed by atoms with E-state index in [1.807, 2.05) is 0 Å². The Labute approximate surface area is 115 Å². The average molecular weight is 302 g/mol. The first kappa shape index (κ1) is 14.9. The van der Waals surface area contributed by atoms with Crippen LogP contribution in [-0.2, 0) is 4.79 Å². The van der Waals surface area contributed by atoms with E-state index in [2.05, 4.69) is 18.0 Å². The Balaban J connectivity index is 0.00000144. The van der Waals surface area contributed by atoms with Crippen LogP contribution in [0.25, 0.3) is 0 Å². The summed E-state index contributed by atoms with van der Waals surface area (Å²) in [5.41, 5.74) is 1.09. The van der Waals surface area contributed by atoms with Crippen LogP contribution in [0.1, 0.15) is 44.9 Å². The van der Waals surface area contributed by atoms with Crippen molar-refractivity contribution in [3.05, 3.63) is 11.6 Å². The molecule has 1 saturated carbocycles. The third-order valence-corrected chi connectivity index (χ3v) is 4.02. The molecule has 1 heterocycles. The van der Waals surface area contributed by atoms with Crippen LogP contribution in [0, 0.1) is 5.92 Å². The first-order chi connectivity index (χ1) is 7.75. The standard InChI is InChI=1S/C14H23NO.BrH/c1-15-10-8-13(9-11-15)14(16)7-6-12-4-2-3-5-12;/h8,12H,2-7,9-11H2,1H3;1H. The van der Waals surface area contributed by atoms with Crippen LogP contribution in [0.15, 0.2) is 11.6 Å². The van der Waals surface area contributed by atoms with Crippen molar-refractivity contribution in [2.75, 3.05) is 20.1 Å². The molecule has 0 radical (unpaired) electrons. The Morgan fingerprint density at radius 1 is 1.41 bits per heavy atom. The van der Waals surface area contributed by atoms with E-state index < -0.39 is 0 Å². The summed E-state index contributed by atoms with van der Waals surface area (Å²) in [4.78, 5) is 14.2. The topological polar surface area (TPSA) is 20.3 Å². The Hall–Kier alpha value is -0.150. The number of rotatable bonds is 4. The number of likely N-dealkylation sites (N-methyl/N-ethyl adjacent to an activating group) is 1. The van der Waals surface area contributed by atoms with Gasteiger partial charge >= 0.3 is 0 Å². The fraction of sp³-hybridized carbons (Fsp3) is 0.786. The van der Waals surface area contributed by atoms with Crippen molar-refractivity contribution in [2.45, 2.75) is 44.9 Å². The van der Waals surface area contributed by atoms with Crippen LogP contribution < -0.4 is 0 Å². The molecule has 0 N–H and O–H groups in total. The molecule has 0 spiro atoms. The monoisotopic (exact) mass is 301 g/mol. The third-order valence-electron chi connectivity index (χ3n) is 4.02. The molecule has 2 nitrogen and oxygen atoms in total. The van der Waals surface area contributed by atoms with Crippen molar-refractivity contribution in [1.29, 1.82) is 0 Å². The summed E-state index contributed by atoms with van der Waals surface area (Å²) < 4.78 is 0. The zero-order valence-electron chi connectivity index (χ0n) is 10.8. The minimum absolute atomic E-state index is 0. The third kappa shape index (κ3) is 4.55. The van der Waals surface area contributed by atoms with Crippen molar-refractivity contribution >= 4 is 22.8 Å². The van der Waals surface area contributed by atoms with Crippen LogP contribution in [0.5, 0.6) is 0 Å². The average Bonchev–Trinajstić information content (AvgIpc) is 2.80. The molecular weight excluding hydrogens is 278 g/mol. The van der Waals surface area contributed by atoms with Gasteiger partial charge in [-0.05, 0) is 31.4 Å². The van der Waals surface area contributed by atoms with Gasteiger partial charge in [-0.2, -0.15) is 0 Å². The molecule has 1 aliphatic heterocycles. The summed E-state index contributed by atoms with van der Waals surface area (Å²) in [6, 6.07) is 0. The summed E-state index contributed by atoms with van der Waals surface area (Å²) in [6.07, 6.45) is 10.5. The van der Waals surface area contributed by atoms with Crippen molar-refractivity contribution in [3.8, 4) is 0 Å². The molecule has 17 heavy (non-hydrogen) atoms. The van der Waals surface area contributed by atoms with Gasteiger partial charge in [-0.25, -0.2) is 0 Å². The molecule has 0 amide bonds. The van der Waals surface area contributed by atoms with Gasteiger partial charge in [0.15, 0.2) is 5.78 Å². The minimum Gasteiger partial charge on any atom is -0.302 e. The van der Waals surface area contributed by atoms with Crippen LogP contribution >= 0.6 is 17.0 Å². The molecule has 1 aliphatic carbocycles. The predicted molar refractivity (Wildman–Crippen MR) is 76.7 cm³/mol. The smallest absolute Gasteiger partial charge is 0.158 e. The Morgan fingerprint density at radius 2 is 2.12 bits per heavy atom. The lowest BCUT2D eigenvalue weighted by Gasteiger charge is -2.21. The van der Waals surface area contributed by atoms with Crippen LogP contribution in [0.3, 0.4) is 0 Å². The maximum atomic E-state index is 12.0. The van der Waals surface area contributed by atoms with E-state index >= 15 is 0 Å². The number of Topliss-reactive ketones (excluding diaryl/α,β-unsaturated/α-hetero) is 1. The Bertz CT molecular complexity index is 282. The predicted octanol–water partition coefficient (Wildman–Crippen LogP) is 3.37. The van der Waals surface area contributed by atoms with Gasteiger partial charge in [-0.1, -0.05) is 31.8 Å². The molecule has 3 heteroatoms. The van der Waals surface area contributed by atoms with Crippen LogP contribution in [-0.4, -0.2) is 30.8 Å². The molecule has 2 aliphatic rings. The molecule has 0 aromatic carbocycles. The van der Waals surface area contributed by atoms with E-state index in [9.17, 15) is 4.79 Å². The SMILES string of the molecule is Br.CN1CC=C(C(=O)CCC2CCCC2)CC1. The summed E-state index contributed by atoms with van der Waals surface area (Å²) in [5.74, 6) is 1.26. The second kappa shape index (κ2) is 7.32. The molecule has 0 aromatic rings. The first-order valence-corrected chi connectivity index (χ1v) is 6.66. The van der Waals surface area contributed by atoms with Crippen LogP contribution in [0.4, 0.5) is 0 Å². The van der Waals surface area contributed by atoms with E-state index in [4.69, 9.17) is 0 Å². The number of carbonyl (C=O) groups is 1. The number of ketones is 1. The first-order valence-electron chi connectivity index (χ1n) is 6.66. The normalized spacial score (nSPS) is 22.1. The largest absolute Gasteiger partial charge is 0.302 e. The number of nitrogens with zero attached hydrogens (tertiary/aromatic N) is 1. The number of carbonyl (C=O) groups excluding carboxylic acids is 1. The fourth-order valence-corrected chi connectivity index (χ4v) is 2.82. The maximum absolute atomic E-state index is 12.0. The fourth-order valence-electron chi connectivity index (χ4n) is 2.82. The van der Waals surface area contributed by atoms with Gasteiger partial charge in [0.05, 0.1) is 0 Å². The second-order valence-corrected chi connectivity index (χ2v) is 5.35. The highest BCUT2D eigenvalue weighted by Crippen LogP contribution is 2.29. The highest BCUT2D eigenvalue weighted by molar-refractivity contribution is 8.93. The molecule has 0 atom stereocenters. The lowest BCUT2D eigenvalue weighted by atomic mass is 9.95. The zero-order chi connectivity index (χ0) is 11.4. The number of hydrogen-bond donors (Lipinski definition) is 0. The summed E-state index contributed by atoms with van der Waals surface area (Å²) in [5, 5.41) is 0. The summed E-state index contributed by atoms with van der Waals surface area (Å²) in [6.45, 7) is 1.99. The second-order valence-electron chi connectivity index (χ2n) is 5.35. The molecular formula is C14H24BrNO. The van der Waals surface area contributed by atoms with E-state index in [0.717, 1.165) is 43.8 Å².